The Morgan fingerprint density at radius 2 is 2.17 bits per heavy atom. The number of rotatable bonds is 3. The van der Waals surface area contributed by atoms with Crippen molar-refractivity contribution in [3.05, 3.63) is 47.1 Å². The molecule has 8 heteroatoms. The molecule has 1 saturated heterocycles. The van der Waals surface area contributed by atoms with E-state index in [1.807, 2.05) is 11.9 Å². The van der Waals surface area contributed by atoms with Gasteiger partial charge in [0.25, 0.3) is 0 Å². The predicted molar refractivity (Wildman–Crippen MR) is 81.0 cm³/mol. The topological polar surface area (TPSA) is 62.5 Å². The lowest BCUT2D eigenvalue weighted by molar-refractivity contribution is -0.133. The van der Waals surface area contributed by atoms with Crippen LogP contribution in [0.5, 0.6) is 0 Å². The highest BCUT2D eigenvalue weighted by Crippen LogP contribution is 2.23. The highest BCUT2D eigenvalue weighted by atomic mass is 19.2. The molecule has 0 unspecified atom stereocenters. The zero-order valence-electron chi connectivity index (χ0n) is 13.5. The number of benzene rings is 1. The van der Waals surface area contributed by atoms with Crippen molar-refractivity contribution in [2.24, 2.45) is 0 Å². The second-order valence-corrected chi connectivity index (χ2v) is 5.91. The van der Waals surface area contributed by atoms with Crippen LogP contribution in [0, 0.1) is 18.6 Å². The van der Waals surface area contributed by atoms with E-state index in [1.165, 1.54) is 12.1 Å². The number of nitrogens with zero attached hydrogens (tertiary/aromatic N) is 4. The molecule has 1 amide bonds. The molecule has 1 atom stereocenters. The summed E-state index contributed by atoms with van der Waals surface area (Å²) in [4.78, 5) is 20.3. The molecule has 1 aliphatic heterocycles. The van der Waals surface area contributed by atoms with E-state index in [1.54, 1.807) is 11.8 Å². The highest BCUT2D eigenvalue weighted by Gasteiger charge is 2.32. The molecule has 1 aromatic carbocycles. The third-order valence-corrected chi connectivity index (χ3v) is 4.20. The number of aromatic nitrogens is 2. The third-order valence-electron chi connectivity index (χ3n) is 4.20. The van der Waals surface area contributed by atoms with E-state index in [0.717, 1.165) is 6.07 Å². The van der Waals surface area contributed by atoms with Gasteiger partial charge in [-0.15, -0.1) is 0 Å². The molecule has 24 heavy (non-hydrogen) atoms. The van der Waals surface area contributed by atoms with Gasteiger partial charge in [-0.2, -0.15) is 4.98 Å². The van der Waals surface area contributed by atoms with Gasteiger partial charge >= 0.3 is 0 Å². The Balaban J connectivity index is 1.72. The minimum atomic E-state index is -0.968. The number of aryl methyl sites for hydroxylation is 1. The van der Waals surface area contributed by atoms with Gasteiger partial charge in [0.1, 0.15) is 6.04 Å². The molecule has 1 aromatic heterocycles. The van der Waals surface area contributed by atoms with Crippen LogP contribution in [0.2, 0.25) is 0 Å². The highest BCUT2D eigenvalue weighted by molar-refractivity contribution is 5.79. The lowest BCUT2D eigenvalue weighted by Gasteiger charge is -2.37. The van der Waals surface area contributed by atoms with Gasteiger partial charge in [-0.25, -0.2) is 8.78 Å². The van der Waals surface area contributed by atoms with E-state index >= 15 is 0 Å². The van der Waals surface area contributed by atoms with E-state index in [0.29, 0.717) is 31.3 Å². The summed E-state index contributed by atoms with van der Waals surface area (Å²) >= 11 is 0. The van der Waals surface area contributed by atoms with Crippen LogP contribution >= 0.6 is 0 Å². The molecule has 0 N–H and O–H groups in total. The number of carbonyl (C=O) groups excluding carboxylic acids is 1. The monoisotopic (exact) mass is 336 g/mol. The van der Waals surface area contributed by atoms with Gasteiger partial charge in [0.2, 0.25) is 11.8 Å². The molecule has 0 bridgehead atoms. The Kier molecular flexibility index (Phi) is 4.57. The summed E-state index contributed by atoms with van der Waals surface area (Å²) in [7, 11) is 1.91. The standard InChI is InChI=1S/C16H18F2N4O2/c1-10-19-16(24-20-10)13-9-22(7-6-21(13)2)14(23)8-11-4-3-5-12(17)15(11)18/h3-5,13H,6-9H2,1-2H3/t13-/m0/s1. The average molecular weight is 336 g/mol. The van der Waals surface area contributed by atoms with Gasteiger partial charge in [0.05, 0.1) is 6.42 Å². The molecule has 0 radical (unpaired) electrons. The van der Waals surface area contributed by atoms with Crippen molar-refractivity contribution in [1.29, 1.82) is 0 Å². The van der Waals surface area contributed by atoms with Crippen LogP contribution < -0.4 is 0 Å². The summed E-state index contributed by atoms with van der Waals surface area (Å²) in [5.41, 5.74) is 0.0594. The first kappa shape index (κ1) is 16.5. The maximum Gasteiger partial charge on any atom is 0.245 e. The molecule has 0 aliphatic carbocycles. The summed E-state index contributed by atoms with van der Waals surface area (Å²) < 4.78 is 32.2. The summed E-state index contributed by atoms with van der Waals surface area (Å²) in [6, 6.07) is 3.65. The van der Waals surface area contributed by atoms with Gasteiger partial charge < -0.3 is 9.42 Å². The van der Waals surface area contributed by atoms with Gasteiger partial charge in [-0.3, -0.25) is 9.69 Å². The SMILES string of the molecule is Cc1noc([C@@H]2CN(C(=O)Cc3cccc(F)c3F)CCN2C)n1. The van der Waals surface area contributed by atoms with Crippen molar-refractivity contribution in [2.45, 2.75) is 19.4 Å². The number of hydrogen-bond acceptors (Lipinski definition) is 5. The molecule has 128 valence electrons. The Hall–Kier alpha value is -2.35. The van der Waals surface area contributed by atoms with Crippen LogP contribution in [0.15, 0.2) is 22.7 Å². The quantitative estimate of drug-likeness (QED) is 0.854. The van der Waals surface area contributed by atoms with Crippen LogP contribution in [0.4, 0.5) is 8.78 Å². The van der Waals surface area contributed by atoms with Gasteiger partial charge in [0.15, 0.2) is 17.5 Å². The fourth-order valence-corrected chi connectivity index (χ4v) is 2.78. The number of halogens is 2. The van der Waals surface area contributed by atoms with Crippen LogP contribution in [-0.4, -0.2) is 52.5 Å². The Labute approximate surface area is 138 Å². The summed E-state index contributed by atoms with van der Waals surface area (Å²) in [5.74, 6) is -1.19. The zero-order valence-corrected chi connectivity index (χ0v) is 13.5. The number of likely N-dealkylation sites (N-methyl/N-ethyl adjacent to an activating group) is 1. The summed E-state index contributed by atoms with van der Waals surface area (Å²) in [6.07, 6.45) is -0.178. The Morgan fingerprint density at radius 1 is 1.38 bits per heavy atom. The van der Waals surface area contributed by atoms with Crippen LogP contribution in [0.1, 0.15) is 23.3 Å². The lowest BCUT2D eigenvalue weighted by atomic mass is 10.1. The van der Waals surface area contributed by atoms with Crippen molar-refractivity contribution < 1.29 is 18.1 Å². The van der Waals surface area contributed by atoms with Crippen molar-refractivity contribution in [3.8, 4) is 0 Å². The van der Waals surface area contributed by atoms with E-state index in [2.05, 4.69) is 10.1 Å². The average Bonchev–Trinajstić information content (AvgIpc) is 2.98. The maximum absolute atomic E-state index is 13.7. The van der Waals surface area contributed by atoms with Crippen molar-refractivity contribution >= 4 is 5.91 Å². The Morgan fingerprint density at radius 3 is 2.88 bits per heavy atom. The van der Waals surface area contributed by atoms with Crippen molar-refractivity contribution in [3.63, 3.8) is 0 Å². The number of hydrogen-bond donors (Lipinski definition) is 0. The van der Waals surface area contributed by atoms with Gasteiger partial charge in [-0.05, 0) is 20.0 Å². The summed E-state index contributed by atoms with van der Waals surface area (Å²) in [5, 5.41) is 3.78. The first-order chi connectivity index (χ1) is 11.5. The van der Waals surface area contributed by atoms with Crippen LogP contribution in [-0.2, 0) is 11.2 Å². The first-order valence-electron chi connectivity index (χ1n) is 7.67. The van der Waals surface area contributed by atoms with Gasteiger partial charge in [-0.1, -0.05) is 17.3 Å². The minimum Gasteiger partial charge on any atom is -0.339 e. The molecule has 2 aromatic rings. The molecular formula is C16H18F2N4O2. The predicted octanol–water partition coefficient (Wildman–Crippen LogP) is 1.71. The third kappa shape index (κ3) is 3.28. The molecule has 3 rings (SSSR count). The fourth-order valence-electron chi connectivity index (χ4n) is 2.78. The minimum absolute atomic E-state index is 0.0594. The largest absolute Gasteiger partial charge is 0.339 e. The lowest BCUT2D eigenvalue weighted by Crippen LogP contribution is -2.49. The van der Waals surface area contributed by atoms with Gasteiger partial charge in [0, 0.05) is 25.2 Å². The number of amides is 1. The second-order valence-electron chi connectivity index (χ2n) is 5.91. The molecule has 2 heterocycles. The molecule has 0 saturated carbocycles. The van der Waals surface area contributed by atoms with E-state index in [-0.39, 0.29) is 23.9 Å². The fraction of sp³-hybridized carbons (Fsp3) is 0.438. The maximum atomic E-state index is 13.7. The molecule has 1 aliphatic rings. The van der Waals surface area contributed by atoms with Crippen molar-refractivity contribution in [1.82, 2.24) is 19.9 Å². The Bertz CT molecular complexity index is 749. The molecular weight excluding hydrogens is 318 g/mol. The smallest absolute Gasteiger partial charge is 0.245 e. The first-order valence-corrected chi connectivity index (χ1v) is 7.67. The number of piperazine rings is 1. The van der Waals surface area contributed by atoms with E-state index in [9.17, 15) is 13.6 Å². The van der Waals surface area contributed by atoms with Crippen LogP contribution in [0.25, 0.3) is 0 Å². The van der Waals surface area contributed by atoms with Crippen LogP contribution in [0.3, 0.4) is 0 Å². The molecule has 6 nitrogen and oxygen atoms in total. The normalized spacial score (nSPS) is 18.8. The molecule has 1 fully saturated rings. The summed E-state index contributed by atoms with van der Waals surface area (Å²) in [6.45, 7) is 3.23. The van der Waals surface area contributed by atoms with Crippen molar-refractivity contribution in [2.75, 3.05) is 26.7 Å². The van der Waals surface area contributed by atoms with E-state index < -0.39 is 11.6 Å². The number of carbonyl (C=O) groups is 1. The van der Waals surface area contributed by atoms with E-state index in [4.69, 9.17) is 4.52 Å². The second kappa shape index (κ2) is 6.64. The molecule has 0 spiro atoms. The zero-order chi connectivity index (χ0) is 17.3.